The molecule has 1 atom stereocenters. The van der Waals surface area contributed by atoms with Crippen LogP contribution in [-0.2, 0) is 4.79 Å². The van der Waals surface area contributed by atoms with Gasteiger partial charge in [0.1, 0.15) is 5.54 Å². The minimum Gasteiger partial charge on any atom is -0.479 e. The third kappa shape index (κ3) is 2.86. The van der Waals surface area contributed by atoms with Crippen molar-refractivity contribution < 1.29 is 14.7 Å². The van der Waals surface area contributed by atoms with E-state index in [9.17, 15) is 14.7 Å². The van der Waals surface area contributed by atoms with Gasteiger partial charge in [-0.3, -0.25) is 4.90 Å². The fourth-order valence-electron chi connectivity index (χ4n) is 3.50. The van der Waals surface area contributed by atoms with Crippen LogP contribution in [0.25, 0.3) is 0 Å². The first-order chi connectivity index (χ1) is 9.92. The molecule has 2 fully saturated rings. The molecule has 1 unspecified atom stereocenters. The van der Waals surface area contributed by atoms with Gasteiger partial charge in [-0.15, -0.1) is 0 Å². The smallest absolute Gasteiger partial charge is 0.329 e. The summed E-state index contributed by atoms with van der Waals surface area (Å²) in [5, 5.41) is 9.58. The average Bonchev–Trinajstić information content (AvgIpc) is 2.91. The van der Waals surface area contributed by atoms with Gasteiger partial charge in [0.2, 0.25) is 0 Å². The average molecular weight is 297 g/mol. The largest absolute Gasteiger partial charge is 0.479 e. The molecule has 2 aliphatic heterocycles. The molecule has 0 aromatic rings. The van der Waals surface area contributed by atoms with Gasteiger partial charge in [-0.25, -0.2) is 9.59 Å². The SMILES string of the molecule is CCC1(C(=O)O)CCCN1C(=O)N1CCN(C(C)C)CC1. The molecular weight excluding hydrogens is 270 g/mol. The van der Waals surface area contributed by atoms with E-state index in [1.165, 1.54) is 0 Å². The molecule has 6 nitrogen and oxygen atoms in total. The van der Waals surface area contributed by atoms with Crippen molar-refractivity contribution in [2.75, 3.05) is 32.7 Å². The van der Waals surface area contributed by atoms with Gasteiger partial charge in [0, 0.05) is 38.8 Å². The lowest BCUT2D eigenvalue weighted by atomic mass is 9.93. The van der Waals surface area contributed by atoms with Crippen LogP contribution < -0.4 is 0 Å². The zero-order valence-electron chi connectivity index (χ0n) is 13.3. The third-order valence-electron chi connectivity index (χ3n) is 5.02. The van der Waals surface area contributed by atoms with Crippen LogP contribution in [0.3, 0.4) is 0 Å². The number of carboxylic acids is 1. The lowest BCUT2D eigenvalue weighted by molar-refractivity contribution is -0.148. The molecule has 0 aromatic heterocycles. The van der Waals surface area contributed by atoms with Crippen LogP contribution in [0.5, 0.6) is 0 Å². The van der Waals surface area contributed by atoms with Crippen molar-refractivity contribution in [3.8, 4) is 0 Å². The van der Waals surface area contributed by atoms with Crippen molar-refractivity contribution in [1.29, 1.82) is 0 Å². The Balaban J connectivity index is 2.05. The lowest BCUT2D eigenvalue weighted by Crippen LogP contribution is -2.60. The number of piperazine rings is 1. The summed E-state index contributed by atoms with van der Waals surface area (Å²) < 4.78 is 0. The predicted molar refractivity (Wildman–Crippen MR) is 80.3 cm³/mol. The van der Waals surface area contributed by atoms with Crippen LogP contribution in [0.1, 0.15) is 40.0 Å². The Hall–Kier alpha value is -1.30. The third-order valence-corrected chi connectivity index (χ3v) is 5.02. The van der Waals surface area contributed by atoms with E-state index >= 15 is 0 Å². The van der Waals surface area contributed by atoms with Crippen LogP contribution in [0.2, 0.25) is 0 Å². The van der Waals surface area contributed by atoms with Crippen LogP contribution in [0.4, 0.5) is 4.79 Å². The van der Waals surface area contributed by atoms with Gasteiger partial charge in [0.05, 0.1) is 0 Å². The Bertz CT molecular complexity index is 405. The molecule has 0 radical (unpaired) electrons. The van der Waals surface area contributed by atoms with E-state index in [0.717, 1.165) is 19.5 Å². The molecule has 0 spiro atoms. The summed E-state index contributed by atoms with van der Waals surface area (Å²) in [7, 11) is 0. The Labute approximate surface area is 126 Å². The lowest BCUT2D eigenvalue weighted by Gasteiger charge is -2.41. The van der Waals surface area contributed by atoms with Crippen LogP contribution in [0.15, 0.2) is 0 Å². The molecule has 120 valence electrons. The van der Waals surface area contributed by atoms with E-state index in [1.807, 2.05) is 11.8 Å². The zero-order valence-corrected chi connectivity index (χ0v) is 13.3. The molecule has 2 rings (SSSR count). The van der Waals surface area contributed by atoms with E-state index in [2.05, 4.69) is 18.7 Å². The number of rotatable bonds is 3. The first-order valence-electron chi connectivity index (χ1n) is 7.96. The summed E-state index contributed by atoms with van der Waals surface area (Å²) in [6.07, 6.45) is 1.81. The van der Waals surface area contributed by atoms with Crippen molar-refractivity contribution in [2.45, 2.75) is 51.6 Å². The van der Waals surface area contributed by atoms with E-state index in [4.69, 9.17) is 0 Å². The second-order valence-electron chi connectivity index (χ2n) is 6.34. The maximum atomic E-state index is 12.7. The highest BCUT2D eigenvalue weighted by Gasteiger charge is 2.49. The molecule has 0 bridgehead atoms. The zero-order chi connectivity index (χ0) is 15.6. The fourth-order valence-corrected chi connectivity index (χ4v) is 3.50. The van der Waals surface area contributed by atoms with Gasteiger partial charge in [0.15, 0.2) is 0 Å². The molecule has 2 saturated heterocycles. The van der Waals surface area contributed by atoms with E-state index in [-0.39, 0.29) is 6.03 Å². The van der Waals surface area contributed by atoms with Crippen molar-refractivity contribution in [3.63, 3.8) is 0 Å². The predicted octanol–water partition coefficient (Wildman–Crippen LogP) is 1.46. The number of amides is 2. The van der Waals surface area contributed by atoms with Crippen LogP contribution >= 0.6 is 0 Å². The number of urea groups is 1. The summed E-state index contributed by atoms with van der Waals surface area (Å²) in [4.78, 5) is 30.2. The number of carboxylic acid groups (broad SMARTS) is 1. The molecule has 0 aliphatic carbocycles. The number of hydrogen-bond acceptors (Lipinski definition) is 3. The highest BCUT2D eigenvalue weighted by molar-refractivity contribution is 5.87. The number of aliphatic carboxylic acids is 1. The molecule has 2 heterocycles. The van der Waals surface area contributed by atoms with Crippen molar-refractivity contribution in [2.24, 2.45) is 0 Å². The van der Waals surface area contributed by atoms with E-state index < -0.39 is 11.5 Å². The summed E-state index contributed by atoms with van der Waals surface area (Å²) in [5.74, 6) is -0.864. The number of nitrogens with zero attached hydrogens (tertiary/aromatic N) is 3. The number of hydrogen-bond donors (Lipinski definition) is 1. The maximum absolute atomic E-state index is 12.7. The summed E-state index contributed by atoms with van der Waals surface area (Å²) in [6.45, 7) is 9.83. The first kappa shape index (κ1) is 16.1. The standard InChI is InChI=1S/C15H27N3O3/c1-4-15(13(19)20)6-5-7-18(15)14(21)17-10-8-16(9-11-17)12(2)3/h12H,4-11H2,1-3H3,(H,19,20). The van der Waals surface area contributed by atoms with Crippen molar-refractivity contribution >= 4 is 12.0 Å². The van der Waals surface area contributed by atoms with Crippen molar-refractivity contribution in [1.82, 2.24) is 14.7 Å². The maximum Gasteiger partial charge on any atom is 0.329 e. The Kier molecular flexibility index (Phi) is 4.76. The summed E-state index contributed by atoms with van der Waals surface area (Å²) >= 11 is 0. The van der Waals surface area contributed by atoms with E-state index in [0.29, 0.717) is 38.5 Å². The Morgan fingerprint density at radius 2 is 1.76 bits per heavy atom. The van der Waals surface area contributed by atoms with Gasteiger partial charge in [-0.2, -0.15) is 0 Å². The van der Waals surface area contributed by atoms with Gasteiger partial charge in [-0.1, -0.05) is 6.92 Å². The number of carbonyl (C=O) groups is 2. The minimum atomic E-state index is -0.994. The first-order valence-corrected chi connectivity index (χ1v) is 7.96. The van der Waals surface area contributed by atoms with Crippen molar-refractivity contribution in [3.05, 3.63) is 0 Å². The molecular formula is C15H27N3O3. The highest BCUT2D eigenvalue weighted by Crippen LogP contribution is 2.33. The summed E-state index contributed by atoms with van der Waals surface area (Å²) in [5.41, 5.74) is -0.994. The summed E-state index contributed by atoms with van der Waals surface area (Å²) in [6, 6.07) is 0.392. The van der Waals surface area contributed by atoms with Gasteiger partial charge >= 0.3 is 12.0 Å². The van der Waals surface area contributed by atoms with E-state index in [1.54, 1.807) is 4.90 Å². The Morgan fingerprint density at radius 3 is 2.24 bits per heavy atom. The normalized spacial score (nSPS) is 27.4. The molecule has 2 amide bonds. The second kappa shape index (κ2) is 6.22. The molecule has 6 heteroatoms. The molecule has 2 aliphatic rings. The second-order valence-corrected chi connectivity index (χ2v) is 6.34. The molecule has 21 heavy (non-hydrogen) atoms. The number of carbonyl (C=O) groups excluding carboxylic acids is 1. The molecule has 0 aromatic carbocycles. The topological polar surface area (TPSA) is 64.1 Å². The fraction of sp³-hybridized carbons (Fsp3) is 0.867. The van der Waals surface area contributed by atoms with Gasteiger partial charge in [0.25, 0.3) is 0 Å². The minimum absolute atomic E-state index is 0.0971. The monoisotopic (exact) mass is 297 g/mol. The molecule has 0 saturated carbocycles. The highest BCUT2D eigenvalue weighted by atomic mass is 16.4. The quantitative estimate of drug-likeness (QED) is 0.856. The van der Waals surface area contributed by atoms with Gasteiger partial charge < -0.3 is 14.9 Å². The number of likely N-dealkylation sites (tertiary alicyclic amines) is 1. The van der Waals surface area contributed by atoms with Crippen LogP contribution in [0, 0.1) is 0 Å². The van der Waals surface area contributed by atoms with Gasteiger partial charge in [-0.05, 0) is 33.1 Å². The Morgan fingerprint density at radius 1 is 1.14 bits per heavy atom. The molecule has 1 N–H and O–H groups in total. The van der Waals surface area contributed by atoms with Crippen LogP contribution in [-0.4, -0.2) is 76.1 Å².